The van der Waals surface area contributed by atoms with Crippen molar-refractivity contribution < 1.29 is 14.7 Å². The van der Waals surface area contributed by atoms with Crippen molar-refractivity contribution in [2.24, 2.45) is 0 Å². The minimum absolute atomic E-state index is 0.000196. The van der Waals surface area contributed by atoms with Gasteiger partial charge in [0.25, 0.3) is 5.78 Å². The standard InChI is InChI=1S/C26H16Br2ClN3O3S2/c27-17-7-3-15(4-8-17)21-20(22(33)16-5-9-18(28)10-6-16)23(34)24(35)32(21)25-30-31-26(37-25)36-13-14-1-11-19(29)12-2-14/h1-12,21,33H,13H2/b22-20-. The highest BCUT2D eigenvalue weighted by Gasteiger charge is 2.48. The Kier molecular flexibility index (Phi) is 7.83. The Balaban J connectivity index is 1.53. The van der Waals surface area contributed by atoms with Gasteiger partial charge in [0.15, 0.2) is 4.34 Å². The summed E-state index contributed by atoms with van der Waals surface area (Å²) in [6.45, 7) is 0. The summed E-state index contributed by atoms with van der Waals surface area (Å²) in [5, 5.41) is 20.6. The van der Waals surface area contributed by atoms with Crippen molar-refractivity contribution in [1.29, 1.82) is 0 Å². The molecule has 37 heavy (non-hydrogen) atoms. The molecule has 6 nitrogen and oxygen atoms in total. The van der Waals surface area contributed by atoms with Gasteiger partial charge in [-0.2, -0.15) is 0 Å². The maximum Gasteiger partial charge on any atom is 0.301 e. The topological polar surface area (TPSA) is 83.4 Å². The molecular formula is C26H16Br2ClN3O3S2. The molecule has 1 aromatic heterocycles. The average Bonchev–Trinajstić information content (AvgIpc) is 3.46. The predicted octanol–water partition coefficient (Wildman–Crippen LogP) is 7.64. The summed E-state index contributed by atoms with van der Waals surface area (Å²) >= 11 is 15.5. The molecule has 11 heteroatoms. The molecule has 1 atom stereocenters. The second kappa shape index (κ2) is 11.1. The van der Waals surface area contributed by atoms with Crippen LogP contribution in [0, 0.1) is 0 Å². The van der Waals surface area contributed by atoms with Gasteiger partial charge in [0.2, 0.25) is 5.13 Å². The van der Waals surface area contributed by atoms with Crippen molar-refractivity contribution in [3.63, 3.8) is 0 Å². The molecule has 1 fully saturated rings. The number of amides is 1. The summed E-state index contributed by atoms with van der Waals surface area (Å²) in [6.07, 6.45) is 0. The summed E-state index contributed by atoms with van der Waals surface area (Å²) in [4.78, 5) is 27.9. The fourth-order valence-electron chi connectivity index (χ4n) is 3.84. The quantitative estimate of drug-likeness (QED) is 0.0743. The summed E-state index contributed by atoms with van der Waals surface area (Å²) in [6, 6.07) is 20.8. The Morgan fingerprint density at radius 2 is 1.57 bits per heavy atom. The van der Waals surface area contributed by atoms with Gasteiger partial charge in [-0.05, 0) is 47.5 Å². The maximum absolute atomic E-state index is 13.3. The molecule has 1 aliphatic rings. The van der Waals surface area contributed by atoms with E-state index < -0.39 is 17.7 Å². The predicted molar refractivity (Wildman–Crippen MR) is 154 cm³/mol. The number of aliphatic hydroxyl groups excluding tert-OH is 1. The van der Waals surface area contributed by atoms with Gasteiger partial charge in [-0.15, -0.1) is 10.2 Å². The molecule has 0 aliphatic carbocycles. The highest BCUT2D eigenvalue weighted by molar-refractivity contribution is 9.10. The van der Waals surface area contributed by atoms with Crippen LogP contribution in [0.15, 0.2) is 91.7 Å². The number of benzene rings is 3. The van der Waals surface area contributed by atoms with Crippen molar-refractivity contribution in [2.75, 3.05) is 4.90 Å². The Hall–Kier alpha value is -2.50. The number of hydrogen-bond acceptors (Lipinski definition) is 7. The molecule has 0 saturated carbocycles. The first kappa shape index (κ1) is 26.1. The first-order valence-corrected chi connectivity index (χ1v) is 14.6. The van der Waals surface area contributed by atoms with E-state index in [0.29, 0.717) is 26.2 Å². The zero-order valence-electron chi connectivity index (χ0n) is 18.8. The largest absolute Gasteiger partial charge is 0.507 e. The van der Waals surface area contributed by atoms with Gasteiger partial charge in [0, 0.05) is 25.3 Å². The Labute approximate surface area is 242 Å². The first-order valence-electron chi connectivity index (χ1n) is 10.8. The van der Waals surface area contributed by atoms with Crippen molar-refractivity contribution in [2.45, 2.75) is 16.1 Å². The van der Waals surface area contributed by atoms with Crippen molar-refractivity contribution >= 4 is 89.1 Å². The van der Waals surface area contributed by atoms with Gasteiger partial charge in [-0.25, -0.2) is 0 Å². The number of Topliss-reactive ketones (excluding diaryl/α,β-unsaturated/α-hetero) is 1. The second-order valence-electron chi connectivity index (χ2n) is 7.99. The molecule has 1 saturated heterocycles. The monoisotopic (exact) mass is 675 g/mol. The molecule has 5 rings (SSSR count). The average molecular weight is 678 g/mol. The van der Waals surface area contributed by atoms with Crippen molar-refractivity contribution in [3.05, 3.63) is 109 Å². The third-order valence-electron chi connectivity index (χ3n) is 5.63. The van der Waals surface area contributed by atoms with Crippen LogP contribution in [0.4, 0.5) is 5.13 Å². The van der Waals surface area contributed by atoms with Crippen LogP contribution in [0.25, 0.3) is 5.76 Å². The molecule has 2 heterocycles. The van der Waals surface area contributed by atoms with Gasteiger partial charge in [0.1, 0.15) is 5.76 Å². The number of carbonyl (C=O) groups is 2. The Morgan fingerprint density at radius 3 is 2.22 bits per heavy atom. The molecule has 0 radical (unpaired) electrons. The number of aromatic nitrogens is 2. The zero-order chi connectivity index (χ0) is 26.1. The van der Waals surface area contributed by atoms with E-state index in [2.05, 4.69) is 42.1 Å². The number of nitrogens with zero attached hydrogens (tertiary/aromatic N) is 3. The Morgan fingerprint density at radius 1 is 0.946 bits per heavy atom. The van der Waals surface area contributed by atoms with Crippen LogP contribution < -0.4 is 4.90 Å². The number of halogens is 3. The zero-order valence-corrected chi connectivity index (χ0v) is 24.3. The van der Waals surface area contributed by atoms with Crippen LogP contribution in [0.5, 0.6) is 0 Å². The molecule has 1 unspecified atom stereocenters. The van der Waals surface area contributed by atoms with Gasteiger partial charge >= 0.3 is 5.91 Å². The van der Waals surface area contributed by atoms with Crippen LogP contribution in [0.2, 0.25) is 5.02 Å². The molecule has 0 spiro atoms. The SMILES string of the molecule is O=C1C(=O)N(c2nnc(SCc3ccc(Cl)cc3)s2)C(c2ccc(Br)cc2)/C1=C(/O)c1ccc(Br)cc1. The summed E-state index contributed by atoms with van der Waals surface area (Å²) in [5.74, 6) is -1.15. The molecule has 3 aromatic carbocycles. The number of hydrogen-bond donors (Lipinski definition) is 1. The molecule has 4 aromatic rings. The second-order valence-corrected chi connectivity index (χ2v) is 12.4. The van der Waals surface area contributed by atoms with E-state index in [4.69, 9.17) is 11.6 Å². The fraction of sp³-hybridized carbons (Fsp3) is 0.0769. The van der Waals surface area contributed by atoms with E-state index in [9.17, 15) is 14.7 Å². The van der Waals surface area contributed by atoms with E-state index in [0.717, 1.165) is 14.5 Å². The number of aliphatic hydroxyl groups is 1. The van der Waals surface area contributed by atoms with Crippen LogP contribution in [-0.4, -0.2) is 27.0 Å². The van der Waals surface area contributed by atoms with Crippen molar-refractivity contribution in [3.8, 4) is 0 Å². The van der Waals surface area contributed by atoms with Crippen LogP contribution in [0.3, 0.4) is 0 Å². The Bertz CT molecular complexity index is 1510. The summed E-state index contributed by atoms with van der Waals surface area (Å²) in [7, 11) is 0. The third-order valence-corrected chi connectivity index (χ3v) is 9.06. The van der Waals surface area contributed by atoms with Crippen molar-refractivity contribution in [1.82, 2.24) is 10.2 Å². The molecular weight excluding hydrogens is 662 g/mol. The van der Waals surface area contributed by atoms with Gasteiger partial charge in [-0.3, -0.25) is 14.5 Å². The highest BCUT2D eigenvalue weighted by atomic mass is 79.9. The number of thioether (sulfide) groups is 1. The molecule has 1 amide bonds. The number of anilines is 1. The smallest absolute Gasteiger partial charge is 0.301 e. The van der Waals surface area contributed by atoms with Gasteiger partial charge < -0.3 is 5.11 Å². The fourth-order valence-corrected chi connectivity index (χ4v) is 6.32. The lowest BCUT2D eigenvalue weighted by Crippen LogP contribution is -2.29. The van der Waals surface area contributed by atoms with Gasteiger partial charge in [0.05, 0.1) is 11.6 Å². The van der Waals surface area contributed by atoms with Gasteiger partial charge in [-0.1, -0.05) is 103 Å². The highest BCUT2D eigenvalue weighted by Crippen LogP contribution is 2.44. The first-order chi connectivity index (χ1) is 17.8. The number of ketones is 1. The third kappa shape index (κ3) is 5.53. The molecule has 186 valence electrons. The van der Waals surface area contributed by atoms with Crippen LogP contribution >= 0.6 is 66.6 Å². The number of carbonyl (C=O) groups excluding carboxylic acids is 2. The van der Waals surface area contributed by atoms with E-state index in [-0.39, 0.29) is 16.5 Å². The minimum atomic E-state index is -0.862. The lowest BCUT2D eigenvalue weighted by Gasteiger charge is -2.22. The summed E-state index contributed by atoms with van der Waals surface area (Å²) < 4.78 is 2.32. The normalized spacial score (nSPS) is 16.9. The maximum atomic E-state index is 13.3. The van der Waals surface area contributed by atoms with E-state index in [1.807, 2.05) is 36.4 Å². The molecule has 1 aliphatic heterocycles. The number of rotatable bonds is 6. The lowest BCUT2D eigenvalue weighted by molar-refractivity contribution is -0.132. The van der Waals surface area contributed by atoms with E-state index in [1.165, 1.54) is 28.0 Å². The molecule has 0 bridgehead atoms. The van der Waals surface area contributed by atoms with E-state index >= 15 is 0 Å². The van der Waals surface area contributed by atoms with Crippen LogP contribution in [-0.2, 0) is 15.3 Å². The summed E-state index contributed by atoms with van der Waals surface area (Å²) in [5.41, 5.74) is 2.16. The minimum Gasteiger partial charge on any atom is -0.507 e. The lowest BCUT2D eigenvalue weighted by atomic mass is 9.95. The molecule has 1 N–H and O–H groups in total. The van der Waals surface area contributed by atoms with Crippen LogP contribution in [0.1, 0.15) is 22.7 Å². The van der Waals surface area contributed by atoms with E-state index in [1.54, 1.807) is 36.4 Å².